The number of methoxy groups -OCH3 is 1. The number of aliphatic hydroxyl groups excluding tert-OH is 1. The summed E-state index contributed by atoms with van der Waals surface area (Å²) < 4.78 is 9.15. The Balaban J connectivity index is 2.77. The molecule has 122 valence electrons. The van der Waals surface area contributed by atoms with Crippen LogP contribution in [-0.4, -0.2) is 46.4 Å². The molecule has 0 heterocycles. The monoisotopic (exact) mass is 322 g/mol. The molecule has 0 bridgehead atoms. The summed E-state index contributed by atoms with van der Waals surface area (Å²) >= 11 is 0. The van der Waals surface area contributed by atoms with Crippen LogP contribution in [-0.2, 0) is 25.5 Å². The molecular weight excluding hydrogens is 308 g/mol. The standard InChI is InChI=1S/C15H14O8/c1-22-13(18)4-2-3-9-5-6-10(16)12(7-9)23-14(19)8-11(17)15(20)21/h5-7,11,16-17H,3,8H2,1H3,(H,20,21). The van der Waals surface area contributed by atoms with Gasteiger partial charge >= 0.3 is 17.9 Å². The van der Waals surface area contributed by atoms with Crippen molar-refractivity contribution in [1.82, 2.24) is 0 Å². The maximum Gasteiger partial charge on any atom is 0.384 e. The number of phenols is 1. The molecule has 0 aliphatic heterocycles. The van der Waals surface area contributed by atoms with E-state index in [0.717, 1.165) is 0 Å². The lowest BCUT2D eigenvalue weighted by Crippen LogP contribution is -2.25. The Bertz CT molecular complexity index is 668. The molecule has 0 saturated heterocycles. The van der Waals surface area contributed by atoms with E-state index >= 15 is 0 Å². The van der Waals surface area contributed by atoms with E-state index in [1.807, 2.05) is 0 Å². The molecule has 0 spiro atoms. The fourth-order valence-electron chi connectivity index (χ4n) is 1.43. The van der Waals surface area contributed by atoms with Crippen molar-refractivity contribution in [2.75, 3.05) is 7.11 Å². The first-order chi connectivity index (χ1) is 10.8. The molecule has 0 amide bonds. The molecule has 0 aliphatic carbocycles. The van der Waals surface area contributed by atoms with Gasteiger partial charge in [0.2, 0.25) is 0 Å². The summed E-state index contributed by atoms with van der Waals surface area (Å²) in [5.74, 6) is 0.932. The van der Waals surface area contributed by atoms with E-state index in [-0.39, 0.29) is 17.9 Å². The number of phenolic OH excluding ortho intramolecular Hbond substituents is 1. The molecule has 3 N–H and O–H groups in total. The van der Waals surface area contributed by atoms with E-state index < -0.39 is 30.4 Å². The summed E-state index contributed by atoms with van der Waals surface area (Å²) in [7, 11) is 1.20. The van der Waals surface area contributed by atoms with E-state index in [2.05, 4.69) is 16.6 Å². The number of aromatic hydroxyl groups is 1. The lowest BCUT2D eigenvalue weighted by atomic mass is 10.1. The highest BCUT2D eigenvalue weighted by molar-refractivity contribution is 5.88. The first-order valence-electron chi connectivity index (χ1n) is 6.33. The molecule has 1 aromatic carbocycles. The number of rotatable bonds is 5. The van der Waals surface area contributed by atoms with E-state index in [0.29, 0.717) is 5.56 Å². The molecule has 1 atom stereocenters. The smallest absolute Gasteiger partial charge is 0.384 e. The number of carbonyl (C=O) groups is 3. The number of carboxylic acid groups (broad SMARTS) is 1. The summed E-state index contributed by atoms with van der Waals surface area (Å²) in [6.45, 7) is 0. The molecular formula is C15H14O8. The van der Waals surface area contributed by atoms with Gasteiger partial charge < -0.3 is 24.8 Å². The number of carbonyl (C=O) groups excluding carboxylic acids is 2. The minimum atomic E-state index is -1.89. The molecule has 23 heavy (non-hydrogen) atoms. The molecule has 0 radical (unpaired) electrons. The number of ether oxygens (including phenoxy) is 2. The van der Waals surface area contributed by atoms with Gasteiger partial charge in [0.05, 0.1) is 13.5 Å². The molecule has 0 aromatic heterocycles. The lowest BCUT2D eigenvalue weighted by molar-refractivity contribution is -0.152. The average Bonchev–Trinajstić information content (AvgIpc) is 2.49. The maximum atomic E-state index is 11.5. The minimum Gasteiger partial charge on any atom is -0.504 e. The average molecular weight is 322 g/mol. The summed E-state index contributed by atoms with van der Waals surface area (Å²) in [4.78, 5) is 32.8. The Kier molecular flexibility index (Phi) is 6.58. The van der Waals surface area contributed by atoms with Gasteiger partial charge in [-0.25, -0.2) is 9.59 Å². The number of esters is 2. The predicted octanol–water partition coefficient (Wildman–Crippen LogP) is -0.148. The van der Waals surface area contributed by atoms with Crippen LogP contribution in [0.5, 0.6) is 11.5 Å². The van der Waals surface area contributed by atoms with E-state index in [4.69, 9.17) is 14.9 Å². The zero-order valence-corrected chi connectivity index (χ0v) is 12.1. The molecule has 0 saturated carbocycles. The van der Waals surface area contributed by atoms with Gasteiger partial charge in [0, 0.05) is 12.3 Å². The van der Waals surface area contributed by atoms with Crippen LogP contribution in [0.1, 0.15) is 12.0 Å². The van der Waals surface area contributed by atoms with Gasteiger partial charge in [-0.3, -0.25) is 4.79 Å². The first kappa shape index (κ1) is 18.0. The van der Waals surface area contributed by atoms with Crippen molar-refractivity contribution >= 4 is 17.9 Å². The summed E-state index contributed by atoms with van der Waals surface area (Å²) in [6, 6.07) is 4.07. The van der Waals surface area contributed by atoms with Crippen LogP contribution < -0.4 is 4.74 Å². The van der Waals surface area contributed by atoms with Crippen molar-refractivity contribution in [3.8, 4) is 23.3 Å². The lowest BCUT2D eigenvalue weighted by Gasteiger charge is -2.09. The van der Waals surface area contributed by atoms with Crippen molar-refractivity contribution in [3.05, 3.63) is 23.8 Å². The Morgan fingerprint density at radius 3 is 2.61 bits per heavy atom. The Hall–Kier alpha value is -3.05. The maximum absolute atomic E-state index is 11.5. The van der Waals surface area contributed by atoms with E-state index in [9.17, 15) is 19.5 Å². The Labute approximate surface area is 131 Å². The molecule has 8 nitrogen and oxygen atoms in total. The zero-order valence-electron chi connectivity index (χ0n) is 12.1. The van der Waals surface area contributed by atoms with Crippen molar-refractivity contribution in [1.29, 1.82) is 0 Å². The third kappa shape index (κ3) is 6.07. The van der Waals surface area contributed by atoms with Crippen LogP contribution in [0.4, 0.5) is 0 Å². The van der Waals surface area contributed by atoms with Gasteiger partial charge in [-0.15, -0.1) is 0 Å². The zero-order chi connectivity index (χ0) is 17.4. The van der Waals surface area contributed by atoms with Crippen molar-refractivity contribution in [2.45, 2.75) is 18.9 Å². The summed E-state index contributed by atoms with van der Waals surface area (Å²) in [5.41, 5.74) is 0.542. The topological polar surface area (TPSA) is 130 Å². The molecule has 8 heteroatoms. The van der Waals surface area contributed by atoms with Crippen LogP contribution >= 0.6 is 0 Å². The van der Waals surface area contributed by atoms with Crippen LogP contribution in [0.3, 0.4) is 0 Å². The molecule has 0 aliphatic rings. The van der Waals surface area contributed by atoms with Crippen molar-refractivity contribution in [2.24, 2.45) is 0 Å². The number of aliphatic hydroxyl groups is 1. The SMILES string of the molecule is COC(=O)C#CCc1ccc(O)c(OC(=O)CC(O)C(=O)O)c1. The highest BCUT2D eigenvalue weighted by Crippen LogP contribution is 2.27. The molecule has 1 unspecified atom stereocenters. The quantitative estimate of drug-likeness (QED) is 0.295. The number of carboxylic acids is 1. The molecule has 0 fully saturated rings. The van der Waals surface area contributed by atoms with Gasteiger partial charge in [0.15, 0.2) is 17.6 Å². The number of hydrogen-bond donors (Lipinski definition) is 3. The number of benzene rings is 1. The minimum absolute atomic E-state index is 0.137. The summed E-state index contributed by atoms with van der Waals surface area (Å²) in [5, 5.41) is 27.2. The highest BCUT2D eigenvalue weighted by atomic mass is 16.5. The van der Waals surface area contributed by atoms with Crippen LogP contribution in [0.25, 0.3) is 0 Å². The second kappa shape index (κ2) is 8.41. The van der Waals surface area contributed by atoms with Crippen LogP contribution in [0.15, 0.2) is 18.2 Å². The van der Waals surface area contributed by atoms with Crippen molar-refractivity contribution < 1.29 is 39.2 Å². The Morgan fingerprint density at radius 1 is 1.30 bits per heavy atom. The predicted molar refractivity (Wildman–Crippen MR) is 75.5 cm³/mol. The normalized spacial score (nSPS) is 10.9. The largest absolute Gasteiger partial charge is 0.504 e. The number of aliphatic carboxylic acids is 1. The van der Waals surface area contributed by atoms with Crippen molar-refractivity contribution in [3.63, 3.8) is 0 Å². The van der Waals surface area contributed by atoms with E-state index in [1.54, 1.807) is 0 Å². The van der Waals surface area contributed by atoms with Gasteiger partial charge in [-0.1, -0.05) is 12.0 Å². The second-order valence-corrected chi connectivity index (χ2v) is 4.30. The second-order valence-electron chi connectivity index (χ2n) is 4.30. The number of hydrogen-bond acceptors (Lipinski definition) is 7. The molecule has 1 aromatic rings. The fraction of sp³-hybridized carbons (Fsp3) is 0.267. The Morgan fingerprint density at radius 2 is 2.00 bits per heavy atom. The van der Waals surface area contributed by atoms with Gasteiger partial charge in [0.25, 0.3) is 0 Å². The third-order valence-electron chi connectivity index (χ3n) is 2.56. The highest BCUT2D eigenvalue weighted by Gasteiger charge is 2.20. The van der Waals surface area contributed by atoms with Gasteiger partial charge in [-0.05, 0) is 17.7 Å². The van der Waals surface area contributed by atoms with Crippen LogP contribution in [0.2, 0.25) is 0 Å². The van der Waals surface area contributed by atoms with E-state index in [1.165, 1.54) is 25.3 Å². The third-order valence-corrected chi connectivity index (χ3v) is 2.56. The van der Waals surface area contributed by atoms with Gasteiger partial charge in [-0.2, -0.15) is 0 Å². The van der Waals surface area contributed by atoms with Crippen LogP contribution in [0, 0.1) is 11.8 Å². The fourth-order valence-corrected chi connectivity index (χ4v) is 1.43. The molecule has 1 rings (SSSR count). The van der Waals surface area contributed by atoms with Gasteiger partial charge in [0.1, 0.15) is 0 Å². The summed E-state index contributed by atoms with van der Waals surface area (Å²) in [6.07, 6.45) is -2.52. The first-order valence-corrected chi connectivity index (χ1v) is 6.33.